The maximum atomic E-state index is 13.0. The molecule has 3 rings (SSSR count). The Labute approximate surface area is 196 Å². The molecule has 0 amide bonds. The molecule has 1 heterocycles. The zero-order valence-electron chi connectivity index (χ0n) is 19.2. The summed E-state index contributed by atoms with van der Waals surface area (Å²) in [6, 6.07) is 6.07. The molecule has 33 heavy (non-hydrogen) atoms. The fourth-order valence-corrected chi connectivity index (χ4v) is 4.95. The van der Waals surface area contributed by atoms with E-state index in [-0.39, 0.29) is 17.5 Å². The first kappa shape index (κ1) is 25.3. The van der Waals surface area contributed by atoms with Gasteiger partial charge in [-0.3, -0.25) is 4.79 Å². The highest BCUT2D eigenvalue weighted by molar-refractivity contribution is 7.15. The van der Waals surface area contributed by atoms with Crippen LogP contribution < -0.4 is 10.2 Å². The van der Waals surface area contributed by atoms with Gasteiger partial charge in [0.2, 0.25) is 10.1 Å². The number of halogens is 3. The molecule has 2 N–H and O–H groups in total. The van der Waals surface area contributed by atoms with Crippen LogP contribution in [0.15, 0.2) is 18.2 Å². The molecule has 1 aromatic heterocycles. The van der Waals surface area contributed by atoms with Crippen molar-refractivity contribution in [2.75, 3.05) is 16.8 Å². The molecular formula is C23H31F3N4O2S. The molecule has 1 aliphatic rings. The van der Waals surface area contributed by atoms with Gasteiger partial charge in [0.25, 0.3) is 0 Å². The van der Waals surface area contributed by atoms with Crippen molar-refractivity contribution in [3.8, 4) is 0 Å². The molecule has 1 aliphatic carbocycles. The van der Waals surface area contributed by atoms with Crippen LogP contribution in [0.25, 0.3) is 0 Å². The largest absolute Gasteiger partial charge is 0.481 e. The van der Waals surface area contributed by atoms with Crippen LogP contribution in [0.4, 0.5) is 29.7 Å². The van der Waals surface area contributed by atoms with Crippen molar-refractivity contribution >= 4 is 33.8 Å². The Morgan fingerprint density at radius 1 is 1.21 bits per heavy atom. The van der Waals surface area contributed by atoms with Crippen LogP contribution in [0.3, 0.4) is 0 Å². The standard InChI is InChI=1S/C23H31F3N4O2S/c1-14(2)13-30(17-7-5-4-6-8-17)19-10-9-16(15(3)11-20(31)32)12-18(19)27-22-29-28-21(33-22)23(24,25)26/h9-10,12,14-15,17H,4-8,11,13H2,1-3H3,(H,27,29)(H,31,32). The molecule has 1 atom stereocenters. The zero-order valence-corrected chi connectivity index (χ0v) is 20.0. The second-order valence-electron chi connectivity index (χ2n) is 9.15. The van der Waals surface area contributed by atoms with Crippen LogP contribution >= 0.6 is 11.3 Å². The predicted octanol–water partition coefficient (Wildman–Crippen LogP) is 6.67. The van der Waals surface area contributed by atoms with E-state index < -0.39 is 17.2 Å². The summed E-state index contributed by atoms with van der Waals surface area (Å²) in [5, 5.41) is 18.3. The van der Waals surface area contributed by atoms with Crippen molar-refractivity contribution in [3.05, 3.63) is 28.8 Å². The minimum Gasteiger partial charge on any atom is -0.481 e. The van der Waals surface area contributed by atoms with Gasteiger partial charge in [-0.25, -0.2) is 0 Å². The average Bonchev–Trinajstić information content (AvgIpc) is 3.21. The lowest BCUT2D eigenvalue weighted by Gasteiger charge is -2.38. The van der Waals surface area contributed by atoms with E-state index in [4.69, 9.17) is 0 Å². The van der Waals surface area contributed by atoms with Crippen LogP contribution in [0.1, 0.15) is 75.8 Å². The lowest BCUT2D eigenvalue weighted by molar-refractivity contribution is -0.138. The predicted molar refractivity (Wildman–Crippen MR) is 124 cm³/mol. The molecule has 10 heteroatoms. The summed E-state index contributed by atoms with van der Waals surface area (Å²) in [5.74, 6) is -0.752. The lowest BCUT2D eigenvalue weighted by atomic mass is 9.92. The van der Waals surface area contributed by atoms with E-state index in [1.54, 1.807) is 0 Å². The molecule has 182 valence electrons. The summed E-state index contributed by atoms with van der Waals surface area (Å²) in [6.45, 7) is 6.93. The minimum atomic E-state index is -4.55. The molecule has 1 saturated carbocycles. The van der Waals surface area contributed by atoms with Gasteiger partial charge in [0, 0.05) is 12.6 Å². The molecule has 1 unspecified atom stereocenters. The smallest absolute Gasteiger partial charge is 0.445 e. The Bertz CT molecular complexity index is 942. The Hall–Kier alpha value is -2.36. The summed E-state index contributed by atoms with van der Waals surface area (Å²) >= 11 is 0.459. The average molecular weight is 485 g/mol. The van der Waals surface area contributed by atoms with Crippen LogP contribution in [0, 0.1) is 5.92 Å². The highest BCUT2D eigenvalue weighted by Gasteiger charge is 2.36. The number of rotatable bonds is 9. The number of carbonyl (C=O) groups is 1. The summed E-state index contributed by atoms with van der Waals surface area (Å²) < 4.78 is 39.1. The first-order valence-electron chi connectivity index (χ1n) is 11.3. The number of nitrogens with one attached hydrogen (secondary N) is 1. The highest BCUT2D eigenvalue weighted by atomic mass is 32.1. The van der Waals surface area contributed by atoms with E-state index in [9.17, 15) is 23.1 Å². The van der Waals surface area contributed by atoms with Crippen molar-refractivity contribution in [2.45, 2.75) is 77.4 Å². The van der Waals surface area contributed by atoms with Gasteiger partial charge in [-0.1, -0.05) is 57.4 Å². The van der Waals surface area contributed by atoms with Crippen molar-refractivity contribution in [1.29, 1.82) is 0 Å². The van der Waals surface area contributed by atoms with Gasteiger partial charge in [-0.2, -0.15) is 13.2 Å². The van der Waals surface area contributed by atoms with Crippen LogP contribution in [0.5, 0.6) is 0 Å². The Morgan fingerprint density at radius 2 is 1.91 bits per heavy atom. The minimum absolute atomic E-state index is 0.0336. The maximum absolute atomic E-state index is 13.0. The van der Waals surface area contributed by atoms with Gasteiger partial charge in [0.1, 0.15) is 0 Å². The van der Waals surface area contributed by atoms with Crippen molar-refractivity contribution in [3.63, 3.8) is 0 Å². The first-order chi connectivity index (χ1) is 15.5. The zero-order chi connectivity index (χ0) is 24.2. The van der Waals surface area contributed by atoms with Gasteiger partial charge in [0.15, 0.2) is 0 Å². The lowest BCUT2D eigenvalue weighted by Crippen LogP contribution is -2.39. The number of carboxylic acid groups (broad SMARTS) is 1. The molecule has 0 saturated heterocycles. The van der Waals surface area contributed by atoms with Gasteiger partial charge in [0.05, 0.1) is 17.8 Å². The topological polar surface area (TPSA) is 78.4 Å². The molecule has 0 radical (unpaired) electrons. The Kier molecular flexibility index (Phi) is 8.20. The van der Waals surface area contributed by atoms with Gasteiger partial charge >= 0.3 is 12.1 Å². The van der Waals surface area contributed by atoms with Gasteiger partial charge in [-0.15, -0.1) is 10.2 Å². The highest BCUT2D eigenvalue weighted by Crippen LogP contribution is 2.39. The SMILES string of the molecule is CC(C)CN(c1ccc(C(C)CC(=O)O)cc1Nc1nnc(C(F)(F)F)s1)C1CCCCC1. The summed E-state index contributed by atoms with van der Waals surface area (Å²) in [4.78, 5) is 13.6. The fraction of sp³-hybridized carbons (Fsp3) is 0.609. The molecule has 1 fully saturated rings. The van der Waals surface area contributed by atoms with E-state index in [0.717, 1.165) is 43.5 Å². The third kappa shape index (κ3) is 6.82. The molecule has 0 aliphatic heterocycles. The molecule has 1 aromatic carbocycles. The van der Waals surface area contributed by atoms with Crippen molar-refractivity contribution in [1.82, 2.24) is 10.2 Å². The number of anilines is 3. The Morgan fingerprint density at radius 3 is 2.48 bits per heavy atom. The quantitative estimate of drug-likeness (QED) is 0.414. The number of carboxylic acids is 1. The third-order valence-corrected chi connectivity index (χ3v) is 6.75. The molecular weight excluding hydrogens is 453 g/mol. The second-order valence-corrected chi connectivity index (χ2v) is 10.1. The first-order valence-corrected chi connectivity index (χ1v) is 12.2. The summed E-state index contributed by atoms with van der Waals surface area (Å²) in [6.07, 6.45) is 1.08. The van der Waals surface area contributed by atoms with Crippen molar-refractivity contribution in [2.24, 2.45) is 5.92 Å². The molecule has 0 bridgehead atoms. The number of nitrogens with zero attached hydrogens (tertiary/aromatic N) is 3. The van der Waals surface area contributed by atoms with E-state index in [0.29, 0.717) is 29.0 Å². The number of alkyl halides is 3. The number of benzene rings is 1. The van der Waals surface area contributed by atoms with E-state index in [1.807, 2.05) is 25.1 Å². The number of hydrogen-bond donors (Lipinski definition) is 2. The monoisotopic (exact) mass is 484 g/mol. The van der Waals surface area contributed by atoms with E-state index >= 15 is 0 Å². The van der Waals surface area contributed by atoms with Crippen LogP contribution in [0.2, 0.25) is 0 Å². The van der Waals surface area contributed by atoms with Crippen LogP contribution in [-0.4, -0.2) is 33.9 Å². The number of aliphatic carboxylic acids is 1. The number of hydrogen-bond acceptors (Lipinski definition) is 6. The van der Waals surface area contributed by atoms with E-state index in [1.165, 1.54) is 6.42 Å². The summed E-state index contributed by atoms with van der Waals surface area (Å²) in [5.41, 5.74) is 2.32. The second kappa shape index (κ2) is 10.7. The number of aromatic nitrogens is 2. The van der Waals surface area contributed by atoms with Gasteiger partial charge < -0.3 is 15.3 Å². The fourth-order valence-electron chi connectivity index (χ4n) is 4.32. The third-order valence-electron chi connectivity index (χ3n) is 5.87. The van der Waals surface area contributed by atoms with Crippen LogP contribution in [-0.2, 0) is 11.0 Å². The van der Waals surface area contributed by atoms with Gasteiger partial charge in [-0.05, 0) is 42.4 Å². The van der Waals surface area contributed by atoms with E-state index in [2.05, 4.69) is 34.3 Å². The molecule has 0 spiro atoms. The normalized spacial score (nSPS) is 16.1. The maximum Gasteiger partial charge on any atom is 0.445 e. The Balaban J connectivity index is 2.01. The molecule has 2 aromatic rings. The summed E-state index contributed by atoms with van der Waals surface area (Å²) in [7, 11) is 0. The molecule has 6 nitrogen and oxygen atoms in total. The van der Waals surface area contributed by atoms with Crippen molar-refractivity contribution < 1.29 is 23.1 Å².